The Morgan fingerprint density at radius 3 is 2.53 bits per heavy atom. The molecule has 9 heteroatoms. The van der Waals surface area contributed by atoms with Gasteiger partial charge in [-0.3, -0.25) is 10.1 Å². The zero-order valence-corrected chi connectivity index (χ0v) is 8.43. The third-order valence-electron chi connectivity index (χ3n) is 1.73. The molecule has 0 saturated carbocycles. The van der Waals surface area contributed by atoms with Crippen LogP contribution in [0, 0.1) is 10.1 Å². The maximum absolute atomic E-state index is 12.3. The molecule has 1 aromatic carbocycles. The van der Waals surface area contributed by atoms with E-state index in [9.17, 15) is 23.3 Å². The topological polar surface area (TPSA) is 77.1 Å². The highest BCUT2D eigenvalue weighted by atomic mass is 19.4. The summed E-state index contributed by atoms with van der Waals surface area (Å²) >= 11 is 0. The fraction of sp³-hybridized carbons (Fsp3) is 0.250. The van der Waals surface area contributed by atoms with E-state index < -0.39 is 22.4 Å². The van der Waals surface area contributed by atoms with Gasteiger partial charge in [-0.05, 0) is 12.1 Å². The van der Waals surface area contributed by atoms with Crippen molar-refractivity contribution in [2.24, 2.45) is 10.4 Å². The monoisotopic (exact) mass is 249 g/mol. The van der Waals surface area contributed by atoms with Crippen LogP contribution < -0.4 is 0 Å². The highest BCUT2D eigenvalue weighted by Crippen LogP contribution is 2.36. The molecule has 0 aliphatic heterocycles. The van der Waals surface area contributed by atoms with E-state index in [4.69, 9.17) is 0 Å². The van der Waals surface area contributed by atoms with Gasteiger partial charge in [-0.1, -0.05) is 0 Å². The molecule has 0 bridgehead atoms. The van der Waals surface area contributed by atoms with Crippen molar-refractivity contribution in [1.82, 2.24) is 0 Å². The molecule has 0 spiro atoms. The number of halogens is 3. The van der Waals surface area contributed by atoms with Crippen LogP contribution in [0.5, 0.6) is 0 Å². The molecular formula is C8H6F3N3O3. The van der Waals surface area contributed by atoms with E-state index in [1.807, 2.05) is 0 Å². The predicted molar refractivity (Wildman–Crippen MR) is 49.6 cm³/mol. The van der Waals surface area contributed by atoms with Crippen LogP contribution in [0.3, 0.4) is 0 Å². The van der Waals surface area contributed by atoms with Gasteiger partial charge in [-0.25, -0.2) is 0 Å². The molecular weight excluding hydrogens is 243 g/mol. The molecule has 6 nitrogen and oxygen atoms in total. The smallest absolute Gasteiger partial charge is 0.383 e. The Balaban J connectivity index is 3.27. The summed E-state index contributed by atoms with van der Waals surface area (Å²) in [7, 11) is 1.15. The van der Waals surface area contributed by atoms with E-state index in [-0.39, 0.29) is 5.69 Å². The summed E-state index contributed by atoms with van der Waals surface area (Å²) in [6.45, 7) is 0. The Kier molecular flexibility index (Phi) is 3.61. The van der Waals surface area contributed by atoms with E-state index in [1.165, 1.54) is 0 Å². The van der Waals surface area contributed by atoms with Gasteiger partial charge in [-0.15, -0.1) is 5.11 Å². The minimum absolute atomic E-state index is 0.315. The molecule has 1 aromatic rings. The third kappa shape index (κ3) is 3.13. The average Bonchev–Trinajstić information content (AvgIpc) is 2.24. The fourth-order valence-corrected chi connectivity index (χ4v) is 1.02. The van der Waals surface area contributed by atoms with E-state index in [0.717, 1.165) is 13.2 Å². The van der Waals surface area contributed by atoms with Gasteiger partial charge in [0.15, 0.2) is 5.69 Å². The fourth-order valence-electron chi connectivity index (χ4n) is 1.02. The lowest BCUT2D eigenvalue weighted by molar-refractivity contribution is -0.384. The van der Waals surface area contributed by atoms with Crippen LogP contribution >= 0.6 is 0 Å². The summed E-state index contributed by atoms with van der Waals surface area (Å²) in [5.74, 6) is 0. The highest BCUT2D eigenvalue weighted by molar-refractivity contribution is 5.58. The second kappa shape index (κ2) is 4.76. The number of alkyl halides is 3. The Morgan fingerprint density at radius 1 is 1.41 bits per heavy atom. The standard InChI is InChI=1S/C8H6F3N3O3/c1-17-13-12-6-3-2-5(8(9,10)11)4-7(6)14(15)16/h2-4H,1H3. The zero-order valence-electron chi connectivity index (χ0n) is 8.43. The first kappa shape index (κ1) is 12.9. The van der Waals surface area contributed by atoms with Crippen molar-refractivity contribution in [3.05, 3.63) is 33.9 Å². The van der Waals surface area contributed by atoms with Crippen LogP contribution in [0.2, 0.25) is 0 Å². The van der Waals surface area contributed by atoms with Gasteiger partial charge in [0, 0.05) is 11.3 Å². The van der Waals surface area contributed by atoms with Crippen LogP contribution in [-0.2, 0) is 11.0 Å². The van der Waals surface area contributed by atoms with Gasteiger partial charge in [0.2, 0.25) is 0 Å². The number of nitrogens with zero attached hydrogens (tertiary/aromatic N) is 3. The first-order chi connectivity index (χ1) is 7.86. The number of nitro groups is 1. The summed E-state index contributed by atoms with van der Waals surface area (Å²) in [6.07, 6.45) is -4.65. The molecule has 0 atom stereocenters. The van der Waals surface area contributed by atoms with Crippen molar-refractivity contribution in [2.45, 2.75) is 6.18 Å². The van der Waals surface area contributed by atoms with Crippen LogP contribution in [0.1, 0.15) is 5.56 Å². The second-order valence-corrected chi connectivity index (χ2v) is 2.82. The molecule has 1 rings (SSSR count). The van der Waals surface area contributed by atoms with Crippen LogP contribution in [0.25, 0.3) is 0 Å². The molecule has 0 heterocycles. The maximum Gasteiger partial charge on any atom is 0.416 e. The molecule has 0 aromatic heterocycles. The van der Waals surface area contributed by atoms with E-state index in [2.05, 4.69) is 15.2 Å². The van der Waals surface area contributed by atoms with E-state index in [0.29, 0.717) is 12.1 Å². The molecule has 0 N–H and O–H groups in total. The first-order valence-electron chi connectivity index (χ1n) is 4.16. The highest BCUT2D eigenvalue weighted by Gasteiger charge is 2.33. The number of rotatable bonds is 3. The number of hydrogen-bond donors (Lipinski definition) is 0. The van der Waals surface area contributed by atoms with Gasteiger partial charge in [-0.2, -0.15) is 13.2 Å². The zero-order chi connectivity index (χ0) is 13.1. The van der Waals surface area contributed by atoms with Crippen LogP contribution in [0.4, 0.5) is 24.5 Å². The summed E-state index contributed by atoms with van der Waals surface area (Å²) < 4.78 is 36.9. The van der Waals surface area contributed by atoms with Gasteiger partial charge in [0.05, 0.1) is 10.5 Å². The van der Waals surface area contributed by atoms with Gasteiger partial charge in [0.1, 0.15) is 7.11 Å². The first-order valence-corrected chi connectivity index (χ1v) is 4.16. The van der Waals surface area contributed by atoms with Crippen LogP contribution in [-0.4, -0.2) is 12.0 Å². The van der Waals surface area contributed by atoms with Crippen molar-refractivity contribution >= 4 is 11.4 Å². The Morgan fingerprint density at radius 2 is 2.06 bits per heavy atom. The van der Waals surface area contributed by atoms with Gasteiger partial charge >= 0.3 is 6.18 Å². The average molecular weight is 249 g/mol. The molecule has 0 radical (unpaired) electrons. The molecule has 92 valence electrons. The van der Waals surface area contributed by atoms with Crippen LogP contribution in [0.15, 0.2) is 28.6 Å². The number of nitro benzene ring substituents is 1. The Bertz CT molecular complexity index is 459. The number of hydrogen-bond acceptors (Lipinski definition) is 5. The van der Waals surface area contributed by atoms with E-state index >= 15 is 0 Å². The summed E-state index contributed by atoms with van der Waals surface area (Å²) in [4.78, 5) is 13.8. The Labute approximate surface area is 92.8 Å². The summed E-state index contributed by atoms with van der Waals surface area (Å²) in [5.41, 5.74) is -2.23. The van der Waals surface area contributed by atoms with E-state index in [1.54, 1.807) is 0 Å². The van der Waals surface area contributed by atoms with Crippen molar-refractivity contribution in [1.29, 1.82) is 0 Å². The van der Waals surface area contributed by atoms with Crippen molar-refractivity contribution < 1.29 is 22.9 Å². The molecule has 0 unspecified atom stereocenters. The lowest BCUT2D eigenvalue weighted by Crippen LogP contribution is -2.05. The molecule has 0 fully saturated rings. The van der Waals surface area contributed by atoms with Crippen molar-refractivity contribution in [3.63, 3.8) is 0 Å². The minimum atomic E-state index is -4.65. The third-order valence-corrected chi connectivity index (χ3v) is 1.73. The predicted octanol–water partition coefficient (Wildman–Crippen LogP) is 3.26. The lowest BCUT2D eigenvalue weighted by Gasteiger charge is -2.06. The summed E-state index contributed by atoms with van der Waals surface area (Å²) in [6, 6.07) is 1.92. The summed E-state index contributed by atoms with van der Waals surface area (Å²) in [5, 5.41) is 16.8. The molecule has 17 heavy (non-hydrogen) atoms. The van der Waals surface area contributed by atoms with Crippen molar-refractivity contribution in [2.75, 3.05) is 7.11 Å². The number of benzene rings is 1. The molecule has 0 aliphatic carbocycles. The van der Waals surface area contributed by atoms with Gasteiger partial charge in [0.25, 0.3) is 5.69 Å². The largest absolute Gasteiger partial charge is 0.416 e. The quantitative estimate of drug-likeness (QED) is 0.468. The molecule has 0 saturated heterocycles. The Hall–Kier alpha value is -2.19. The second-order valence-electron chi connectivity index (χ2n) is 2.82. The normalized spacial score (nSPS) is 11.8. The minimum Gasteiger partial charge on any atom is -0.383 e. The maximum atomic E-state index is 12.3. The SMILES string of the molecule is CON=Nc1ccc(C(F)(F)F)cc1[N+](=O)[O-]. The van der Waals surface area contributed by atoms with Gasteiger partial charge < -0.3 is 4.84 Å². The molecule has 0 amide bonds. The molecule has 0 aliphatic rings. The van der Waals surface area contributed by atoms with Crippen molar-refractivity contribution in [3.8, 4) is 0 Å². The lowest BCUT2D eigenvalue weighted by atomic mass is 10.1.